The Morgan fingerprint density at radius 3 is 1.45 bits per heavy atom. The molecule has 0 heterocycles. The van der Waals surface area contributed by atoms with Gasteiger partial charge in [-0.2, -0.15) is 0 Å². The number of rotatable bonds is 1. The monoisotopic (exact) mass is 294 g/mol. The highest BCUT2D eigenvalue weighted by Gasteiger charge is 2.29. The van der Waals surface area contributed by atoms with Gasteiger partial charge in [0.05, 0.1) is 10.1 Å². The Balaban J connectivity index is 4.67. The highest BCUT2D eigenvalue weighted by atomic mass is 35.6. The number of hydrogen-bond acceptors (Lipinski definition) is 0. The predicted octanol–water partition coefficient (Wildman–Crippen LogP) is 4.85. The van der Waals surface area contributed by atoms with Gasteiger partial charge in [-0.05, 0) is 0 Å². The van der Waals surface area contributed by atoms with Crippen molar-refractivity contribution in [3.8, 4) is 0 Å². The minimum absolute atomic E-state index is 0.0880. The number of allylic oxidation sites excluding steroid dienone is 2. The average molecular weight is 297 g/mol. The van der Waals surface area contributed by atoms with Gasteiger partial charge in [0.15, 0.2) is 0 Å². The Bertz CT molecular complexity index is 164. The molecule has 0 saturated carbocycles. The fourth-order valence-corrected chi connectivity index (χ4v) is 1.26. The summed E-state index contributed by atoms with van der Waals surface area (Å²) in [4.78, 5) is -0.986. The topological polar surface area (TPSA) is 0 Å². The van der Waals surface area contributed by atoms with Crippen molar-refractivity contribution in [3.05, 3.63) is 10.1 Å². The molecule has 0 spiro atoms. The Morgan fingerprint density at radius 2 is 1.36 bits per heavy atom. The van der Waals surface area contributed by atoms with Crippen LogP contribution in [0, 0.1) is 0 Å². The molecule has 0 aromatic heterocycles. The van der Waals surface area contributed by atoms with Crippen molar-refractivity contribution in [1.29, 1.82) is 0 Å². The maximum absolute atomic E-state index is 5.49. The average Bonchev–Trinajstić information content (AvgIpc) is 1.82. The molecule has 0 radical (unpaired) electrons. The lowest BCUT2D eigenvalue weighted by atomic mass is 10.5. The number of hydrogen-bond donors (Lipinski definition) is 0. The van der Waals surface area contributed by atoms with E-state index in [1.54, 1.807) is 0 Å². The van der Waals surface area contributed by atoms with Crippen molar-refractivity contribution in [3.63, 3.8) is 0 Å². The minimum Gasteiger partial charge on any atom is -0.0990 e. The molecule has 0 rings (SSSR count). The molecule has 7 heteroatoms. The molecule has 66 valence electrons. The molecule has 0 unspecified atom stereocenters. The lowest BCUT2D eigenvalue weighted by Gasteiger charge is -2.11. The number of alkyl halides is 5. The summed E-state index contributed by atoms with van der Waals surface area (Å²) in [5.41, 5.74) is 0. The summed E-state index contributed by atoms with van der Waals surface area (Å²) in [6.07, 6.45) is 0. The van der Waals surface area contributed by atoms with E-state index in [1.165, 1.54) is 0 Å². The van der Waals surface area contributed by atoms with Crippen LogP contribution in [0.3, 0.4) is 0 Å². The summed E-state index contributed by atoms with van der Waals surface area (Å²) in [7, 11) is 0. The van der Waals surface area contributed by atoms with E-state index < -0.39 is 8.63 Å². The smallest absolute Gasteiger partial charge is 0.0990 e. The molecule has 0 saturated heterocycles. The Labute approximate surface area is 99.3 Å². The van der Waals surface area contributed by atoms with Gasteiger partial charge < -0.3 is 0 Å². The first-order valence-electron chi connectivity index (χ1n) is 2.17. The fourth-order valence-electron chi connectivity index (χ4n) is 0.231. The van der Waals surface area contributed by atoms with E-state index in [2.05, 4.69) is 0 Å². The fraction of sp³-hybridized carbons (Fsp3) is 0.500. The highest BCUT2D eigenvalue weighted by molar-refractivity contribution is 6.73. The molecular weight excluding hydrogens is 296 g/mol. The third-order valence-corrected chi connectivity index (χ3v) is 3.16. The number of halogens is 7. The SMILES string of the molecule is ClC(=C(Cl)C(Cl)(Cl)Cl)C(Cl)Cl. The molecule has 0 aromatic carbocycles. The van der Waals surface area contributed by atoms with Gasteiger partial charge in [-0.15, -0.1) is 0 Å². The van der Waals surface area contributed by atoms with Gasteiger partial charge in [0, 0.05) is 0 Å². The summed E-state index contributed by atoms with van der Waals surface area (Å²) in [6, 6.07) is 0. The second-order valence-corrected chi connectivity index (χ2v) is 5.62. The molecule has 0 aliphatic rings. The van der Waals surface area contributed by atoms with Crippen LogP contribution in [0.5, 0.6) is 0 Å². The van der Waals surface area contributed by atoms with Crippen molar-refractivity contribution in [1.82, 2.24) is 0 Å². The molecule has 0 amide bonds. The van der Waals surface area contributed by atoms with Gasteiger partial charge in [-0.1, -0.05) is 81.2 Å². The van der Waals surface area contributed by atoms with Gasteiger partial charge in [0.2, 0.25) is 3.79 Å². The van der Waals surface area contributed by atoms with Crippen LogP contribution in [-0.4, -0.2) is 8.63 Å². The zero-order valence-electron chi connectivity index (χ0n) is 4.72. The molecule has 0 fully saturated rings. The normalized spacial score (nSPS) is 15.3. The van der Waals surface area contributed by atoms with Gasteiger partial charge >= 0.3 is 0 Å². The second kappa shape index (κ2) is 4.85. The molecule has 0 N–H and O–H groups in total. The van der Waals surface area contributed by atoms with Crippen LogP contribution >= 0.6 is 81.2 Å². The third-order valence-electron chi connectivity index (χ3n) is 0.650. The van der Waals surface area contributed by atoms with Gasteiger partial charge in [0.25, 0.3) is 0 Å². The van der Waals surface area contributed by atoms with Crippen LogP contribution in [0.2, 0.25) is 0 Å². The van der Waals surface area contributed by atoms with Crippen molar-refractivity contribution in [2.24, 2.45) is 0 Å². The largest absolute Gasteiger partial charge is 0.227 e. The van der Waals surface area contributed by atoms with E-state index in [1.807, 2.05) is 0 Å². The lowest BCUT2D eigenvalue weighted by Crippen LogP contribution is -2.05. The zero-order chi connectivity index (χ0) is 9.23. The van der Waals surface area contributed by atoms with E-state index >= 15 is 0 Å². The Kier molecular flexibility index (Phi) is 5.64. The summed E-state index contributed by atoms with van der Waals surface area (Å²) < 4.78 is -1.78. The molecule has 0 bridgehead atoms. The summed E-state index contributed by atoms with van der Waals surface area (Å²) >= 11 is 37.7. The van der Waals surface area contributed by atoms with E-state index in [0.29, 0.717) is 0 Å². The lowest BCUT2D eigenvalue weighted by molar-refractivity contribution is 1.34. The first-order valence-corrected chi connectivity index (χ1v) is 4.93. The summed E-state index contributed by atoms with van der Waals surface area (Å²) in [5.74, 6) is 0. The van der Waals surface area contributed by atoms with Crippen LogP contribution in [0.25, 0.3) is 0 Å². The van der Waals surface area contributed by atoms with Gasteiger partial charge in [-0.3, -0.25) is 0 Å². The first kappa shape index (κ1) is 12.8. The highest BCUT2D eigenvalue weighted by Crippen LogP contribution is 2.41. The maximum Gasteiger partial charge on any atom is 0.227 e. The van der Waals surface area contributed by atoms with E-state index in [4.69, 9.17) is 81.2 Å². The van der Waals surface area contributed by atoms with E-state index in [-0.39, 0.29) is 10.1 Å². The van der Waals surface area contributed by atoms with Gasteiger partial charge in [0.1, 0.15) is 4.84 Å². The van der Waals surface area contributed by atoms with Crippen LogP contribution in [0.1, 0.15) is 0 Å². The molecule has 0 aliphatic carbocycles. The zero-order valence-corrected chi connectivity index (χ0v) is 10.0. The maximum atomic E-state index is 5.49. The minimum atomic E-state index is -1.78. The Morgan fingerprint density at radius 1 is 1.00 bits per heavy atom. The first-order chi connectivity index (χ1) is 4.76. The van der Waals surface area contributed by atoms with Crippen LogP contribution < -0.4 is 0 Å². The van der Waals surface area contributed by atoms with E-state index in [9.17, 15) is 0 Å². The van der Waals surface area contributed by atoms with Gasteiger partial charge in [-0.25, -0.2) is 0 Å². The Hall–Kier alpha value is 1.77. The summed E-state index contributed by atoms with van der Waals surface area (Å²) in [5, 5.41) is -0.283. The van der Waals surface area contributed by atoms with Crippen molar-refractivity contribution >= 4 is 81.2 Å². The van der Waals surface area contributed by atoms with Crippen molar-refractivity contribution < 1.29 is 0 Å². The van der Waals surface area contributed by atoms with Crippen molar-refractivity contribution in [2.45, 2.75) is 8.63 Å². The predicted molar refractivity (Wildman–Crippen MR) is 54.5 cm³/mol. The van der Waals surface area contributed by atoms with Crippen LogP contribution in [-0.2, 0) is 0 Å². The molecular formula is C4HCl7. The molecule has 0 nitrogen and oxygen atoms in total. The second-order valence-electron chi connectivity index (χ2n) is 1.46. The summed E-state index contributed by atoms with van der Waals surface area (Å²) in [6.45, 7) is 0. The van der Waals surface area contributed by atoms with E-state index in [0.717, 1.165) is 0 Å². The van der Waals surface area contributed by atoms with Crippen LogP contribution in [0.4, 0.5) is 0 Å². The standard InChI is InChI=1S/C4HCl7/c5-1(3(7)8)2(6)4(9,10)11/h3H. The van der Waals surface area contributed by atoms with Crippen molar-refractivity contribution in [2.75, 3.05) is 0 Å². The molecule has 0 aliphatic heterocycles. The van der Waals surface area contributed by atoms with Crippen LogP contribution in [0.15, 0.2) is 10.1 Å². The third kappa shape index (κ3) is 4.52. The molecule has 0 atom stereocenters. The molecule has 11 heavy (non-hydrogen) atoms. The quantitative estimate of drug-likeness (QED) is 0.607. The molecule has 0 aromatic rings.